The van der Waals surface area contributed by atoms with Gasteiger partial charge >= 0.3 is 5.97 Å². The molecular weight excluding hydrogens is 272 g/mol. The molecule has 0 fully saturated rings. The molecule has 5 heteroatoms. The molecule has 0 bridgehead atoms. The second kappa shape index (κ2) is 10.1. The van der Waals surface area contributed by atoms with Gasteiger partial charge in [-0.1, -0.05) is 27.7 Å². The summed E-state index contributed by atoms with van der Waals surface area (Å²) in [4.78, 5) is 23.4. The number of ether oxygens (including phenoxy) is 1. The van der Waals surface area contributed by atoms with Gasteiger partial charge in [0, 0.05) is 12.5 Å². The van der Waals surface area contributed by atoms with Gasteiger partial charge in [-0.2, -0.15) is 0 Å². The quantitative estimate of drug-likeness (QED) is 0.333. The van der Waals surface area contributed by atoms with Gasteiger partial charge in [0.2, 0.25) is 0 Å². The molecule has 0 aromatic heterocycles. The molecular formula is C15H30O4Si. The maximum absolute atomic E-state index is 12.1. The van der Waals surface area contributed by atoms with Crippen molar-refractivity contribution in [3.63, 3.8) is 0 Å². The Bertz CT molecular complexity index is 292. The van der Waals surface area contributed by atoms with Crippen LogP contribution in [0.5, 0.6) is 0 Å². The molecule has 1 atom stereocenters. The van der Waals surface area contributed by atoms with Crippen LogP contribution in [0, 0.1) is 5.92 Å². The summed E-state index contributed by atoms with van der Waals surface area (Å²) in [6, 6.07) is 3.22. The van der Waals surface area contributed by atoms with Crippen LogP contribution in [0.3, 0.4) is 0 Å². The molecule has 0 spiro atoms. The van der Waals surface area contributed by atoms with Crippen LogP contribution < -0.4 is 0 Å². The first-order valence-electron chi connectivity index (χ1n) is 7.80. The van der Waals surface area contributed by atoms with Gasteiger partial charge in [-0.15, -0.1) is 0 Å². The van der Waals surface area contributed by atoms with Crippen LogP contribution in [0.15, 0.2) is 0 Å². The minimum atomic E-state index is -1.67. The van der Waals surface area contributed by atoms with Crippen LogP contribution >= 0.6 is 0 Å². The Morgan fingerprint density at radius 3 is 1.95 bits per heavy atom. The van der Waals surface area contributed by atoms with Gasteiger partial charge in [-0.25, -0.2) is 0 Å². The maximum atomic E-state index is 12.1. The maximum Gasteiger partial charge on any atom is 0.313 e. The van der Waals surface area contributed by atoms with Gasteiger partial charge in [0.1, 0.15) is 12.2 Å². The number of carbonyl (C=O) groups excluding carboxylic acids is 2. The highest BCUT2D eigenvalue weighted by Crippen LogP contribution is 2.23. The molecule has 0 saturated heterocycles. The molecule has 0 aliphatic rings. The summed E-state index contributed by atoms with van der Waals surface area (Å²) >= 11 is 0. The summed E-state index contributed by atoms with van der Waals surface area (Å²) in [6.07, 6.45) is 0.578. The molecule has 20 heavy (non-hydrogen) atoms. The van der Waals surface area contributed by atoms with Crippen molar-refractivity contribution in [2.45, 2.75) is 65.6 Å². The molecule has 0 aliphatic carbocycles. The van der Waals surface area contributed by atoms with Crippen molar-refractivity contribution >= 4 is 20.1 Å². The number of rotatable bonds is 11. The van der Waals surface area contributed by atoms with Gasteiger partial charge in [-0.3, -0.25) is 9.59 Å². The summed E-state index contributed by atoms with van der Waals surface area (Å²) in [7, 11) is -1.67. The zero-order valence-corrected chi connectivity index (χ0v) is 14.7. The van der Waals surface area contributed by atoms with E-state index in [-0.39, 0.29) is 18.1 Å². The van der Waals surface area contributed by atoms with E-state index in [0.29, 0.717) is 19.6 Å². The molecule has 0 amide bonds. The fourth-order valence-electron chi connectivity index (χ4n) is 2.27. The van der Waals surface area contributed by atoms with E-state index in [4.69, 9.17) is 9.16 Å². The Morgan fingerprint density at radius 1 is 1.00 bits per heavy atom. The number of esters is 1. The molecule has 4 nitrogen and oxygen atoms in total. The predicted molar refractivity (Wildman–Crippen MR) is 83.2 cm³/mol. The fourth-order valence-corrected chi connectivity index (χ4v) is 4.94. The van der Waals surface area contributed by atoms with Crippen molar-refractivity contribution in [2.75, 3.05) is 13.2 Å². The van der Waals surface area contributed by atoms with Crippen molar-refractivity contribution in [1.29, 1.82) is 0 Å². The zero-order chi connectivity index (χ0) is 15.6. The van der Waals surface area contributed by atoms with Crippen LogP contribution in [-0.2, 0) is 18.8 Å². The van der Waals surface area contributed by atoms with E-state index in [1.54, 1.807) is 6.92 Å². The van der Waals surface area contributed by atoms with Crippen molar-refractivity contribution in [3.05, 3.63) is 0 Å². The summed E-state index contributed by atoms with van der Waals surface area (Å²) in [6.45, 7) is 11.0. The van der Waals surface area contributed by atoms with E-state index in [0.717, 1.165) is 18.1 Å². The largest absolute Gasteiger partial charge is 0.466 e. The lowest BCUT2D eigenvalue weighted by Crippen LogP contribution is -2.38. The summed E-state index contributed by atoms with van der Waals surface area (Å²) in [5.41, 5.74) is 0. The topological polar surface area (TPSA) is 52.6 Å². The third-order valence-electron chi connectivity index (χ3n) is 4.10. The molecule has 0 heterocycles. The molecule has 0 aliphatic heterocycles. The number of carbonyl (C=O) groups is 2. The molecule has 0 aromatic carbocycles. The Hall–Kier alpha value is -0.683. The molecule has 0 saturated carbocycles. The molecule has 0 N–H and O–H groups in total. The Kier molecular flexibility index (Phi) is 9.76. The second-order valence-electron chi connectivity index (χ2n) is 5.11. The smallest absolute Gasteiger partial charge is 0.313 e. The number of hydrogen-bond donors (Lipinski definition) is 0. The van der Waals surface area contributed by atoms with E-state index in [1.807, 2.05) is 6.92 Å². The fraction of sp³-hybridized carbons (Fsp3) is 0.867. The summed E-state index contributed by atoms with van der Waals surface area (Å²) in [5.74, 6) is -0.672. The highest BCUT2D eigenvalue weighted by Gasteiger charge is 2.31. The van der Waals surface area contributed by atoms with E-state index in [9.17, 15) is 9.59 Å². The number of ketones is 1. The highest BCUT2D eigenvalue weighted by molar-refractivity contribution is 6.73. The Labute approximate surface area is 124 Å². The van der Waals surface area contributed by atoms with E-state index in [2.05, 4.69) is 20.8 Å². The van der Waals surface area contributed by atoms with E-state index >= 15 is 0 Å². The van der Waals surface area contributed by atoms with Crippen molar-refractivity contribution in [2.24, 2.45) is 5.92 Å². The highest BCUT2D eigenvalue weighted by atomic mass is 28.4. The lowest BCUT2D eigenvalue weighted by Gasteiger charge is -2.29. The van der Waals surface area contributed by atoms with Crippen molar-refractivity contribution in [1.82, 2.24) is 0 Å². The third-order valence-corrected chi connectivity index (χ3v) is 8.74. The first kappa shape index (κ1) is 19.3. The minimum absolute atomic E-state index is 0.0582. The van der Waals surface area contributed by atoms with Crippen LogP contribution in [0.25, 0.3) is 0 Å². The van der Waals surface area contributed by atoms with Crippen LogP contribution in [0.4, 0.5) is 0 Å². The SMILES string of the molecule is CCOC(=O)CC(=O)[C@H](CC)CO[Si](CC)(CC)CC. The number of Topliss-reactive ketones (excluding diaryl/α,β-unsaturated/α-hetero) is 1. The monoisotopic (exact) mass is 302 g/mol. The number of hydrogen-bond acceptors (Lipinski definition) is 4. The van der Waals surface area contributed by atoms with Gasteiger partial charge in [0.05, 0.1) is 6.61 Å². The van der Waals surface area contributed by atoms with Crippen LogP contribution in [-0.4, -0.2) is 33.3 Å². The zero-order valence-electron chi connectivity index (χ0n) is 13.7. The molecule has 0 radical (unpaired) electrons. The van der Waals surface area contributed by atoms with Crippen molar-refractivity contribution in [3.8, 4) is 0 Å². The van der Waals surface area contributed by atoms with E-state index in [1.165, 1.54) is 0 Å². The molecule has 0 rings (SSSR count). The Morgan fingerprint density at radius 2 is 1.55 bits per heavy atom. The van der Waals surface area contributed by atoms with Crippen LogP contribution in [0.2, 0.25) is 18.1 Å². The average Bonchev–Trinajstić information content (AvgIpc) is 2.44. The van der Waals surface area contributed by atoms with Gasteiger partial charge in [-0.05, 0) is 31.5 Å². The normalized spacial score (nSPS) is 13.1. The van der Waals surface area contributed by atoms with Crippen molar-refractivity contribution < 1.29 is 18.8 Å². The summed E-state index contributed by atoms with van der Waals surface area (Å²) < 4.78 is 11.0. The first-order valence-corrected chi connectivity index (χ1v) is 10.3. The van der Waals surface area contributed by atoms with E-state index < -0.39 is 14.3 Å². The minimum Gasteiger partial charge on any atom is -0.466 e. The lowest BCUT2D eigenvalue weighted by atomic mass is 10.00. The van der Waals surface area contributed by atoms with Gasteiger partial charge < -0.3 is 9.16 Å². The van der Waals surface area contributed by atoms with Gasteiger partial charge in [0.15, 0.2) is 8.32 Å². The second-order valence-corrected chi connectivity index (χ2v) is 9.88. The first-order chi connectivity index (χ1) is 9.48. The predicted octanol–water partition coefficient (Wildman–Crippen LogP) is 3.56. The standard InChI is InChI=1S/C15H30O4Si/c1-6-13(14(16)11-15(17)18-7-2)12-19-20(8-3,9-4)10-5/h13H,6-12H2,1-5H3/t13-/m1/s1. The van der Waals surface area contributed by atoms with Crippen LogP contribution in [0.1, 0.15) is 47.5 Å². The van der Waals surface area contributed by atoms with Gasteiger partial charge in [0.25, 0.3) is 0 Å². The molecule has 0 unspecified atom stereocenters. The lowest BCUT2D eigenvalue weighted by molar-refractivity contribution is -0.146. The molecule has 118 valence electrons. The molecule has 0 aromatic rings. The summed E-state index contributed by atoms with van der Waals surface area (Å²) in [5, 5.41) is 0. The average molecular weight is 302 g/mol. The third kappa shape index (κ3) is 6.18. The Balaban J connectivity index is 4.47.